The van der Waals surface area contributed by atoms with Gasteiger partial charge >= 0.3 is 0 Å². The van der Waals surface area contributed by atoms with Crippen LogP contribution in [0.4, 0.5) is 11.5 Å². The van der Waals surface area contributed by atoms with Crippen molar-refractivity contribution in [3.8, 4) is 0 Å². The molecule has 0 bridgehead atoms. The lowest BCUT2D eigenvalue weighted by Gasteiger charge is -2.37. The van der Waals surface area contributed by atoms with E-state index in [9.17, 15) is 8.42 Å². The second kappa shape index (κ2) is 11.0. The lowest BCUT2D eigenvalue weighted by Crippen LogP contribution is -2.49. The van der Waals surface area contributed by atoms with Crippen molar-refractivity contribution < 1.29 is 8.42 Å². The van der Waals surface area contributed by atoms with Gasteiger partial charge in [-0.15, -0.1) is 0 Å². The van der Waals surface area contributed by atoms with E-state index in [2.05, 4.69) is 63.0 Å². The van der Waals surface area contributed by atoms with Gasteiger partial charge in [0, 0.05) is 37.3 Å². The molecule has 0 saturated carbocycles. The molecule has 204 valence electrons. The molecule has 3 aromatic carbocycles. The van der Waals surface area contributed by atoms with Crippen LogP contribution < -0.4 is 5.32 Å². The van der Waals surface area contributed by atoms with Gasteiger partial charge in [0.15, 0.2) is 0 Å². The van der Waals surface area contributed by atoms with Gasteiger partial charge in [0.1, 0.15) is 11.6 Å². The number of sulfonamides is 1. The van der Waals surface area contributed by atoms with Crippen LogP contribution in [-0.4, -0.2) is 53.8 Å². The van der Waals surface area contributed by atoms with Crippen LogP contribution >= 0.6 is 0 Å². The lowest BCUT2D eigenvalue weighted by atomic mass is 10.0. The zero-order valence-electron chi connectivity index (χ0n) is 23.3. The fraction of sp³-hybridized carbons (Fsp3) is 0.355. The highest BCUT2D eigenvalue weighted by Gasteiger charge is 2.31. The van der Waals surface area contributed by atoms with Crippen molar-refractivity contribution in [1.82, 2.24) is 19.2 Å². The van der Waals surface area contributed by atoms with E-state index >= 15 is 0 Å². The second-order valence-corrected chi connectivity index (χ2v) is 12.6. The summed E-state index contributed by atoms with van der Waals surface area (Å²) in [4.78, 5) is 12.5. The minimum Gasteiger partial charge on any atom is -0.339 e. The van der Waals surface area contributed by atoms with Crippen LogP contribution in [0.15, 0.2) is 71.6 Å². The molecule has 7 nitrogen and oxygen atoms in total. The number of hydrogen-bond donors (Lipinski definition) is 1. The number of anilines is 2. The Kier molecular flexibility index (Phi) is 7.71. The third-order valence-corrected chi connectivity index (χ3v) is 9.64. The van der Waals surface area contributed by atoms with Crippen molar-refractivity contribution in [3.05, 3.63) is 89.2 Å². The van der Waals surface area contributed by atoms with Gasteiger partial charge in [-0.1, -0.05) is 56.3 Å². The molecule has 1 fully saturated rings. The molecule has 4 aromatic rings. The van der Waals surface area contributed by atoms with Crippen LogP contribution in [0, 0.1) is 13.8 Å². The highest BCUT2D eigenvalue weighted by atomic mass is 32.2. The SMILES string of the molecule is Cc1cccc(C)c1Nc1nc([C@@H](C)N2CCN(S(=O)(=O)c3ccc(C(C)C)cc3)CC2)nc2ccccc12. The number of nitrogens with one attached hydrogen (secondary N) is 1. The number of piperazine rings is 1. The fourth-order valence-corrected chi connectivity index (χ4v) is 6.60. The van der Waals surface area contributed by atoms with E-state index in [1.165, 1.54) is 0 Å². The monoisotopic (exact) mass is 543 g/mol. The summed E-state index contributed by atoms with van der Waals surface area (Å²) < 4.78 is 28.2. The van der Waals surface area contributed by atoms with Gasteiger partial charge in [0.05, 0.1) is 16.5 Å². The van der Waals surface area contributed by atoms with Gasteiger partial charge in [-0.25, -0.2) is 18.4 Å². The molecule has 0 amide bonds. The summed E-state index contributed by atoms with van der Waals surface area (Å²) in [6, 6.07) is 21.5. The Morgan fingerprint density at radius 3 is 2.08 bits per heavy atom. The molecular formula is C31H37N5O2S. The van der Waals surface area contributed by atoms with Crippen molar-refractivity contribution >= 4 is 32.4 Å². The Balaban J connectivity index is 1.35. The topological polar surface area (TPSA) is 78.4 Å². The molecule has 1 atom stereocenters. The molecule has 0 aliphatic carbocycles. The molecule has 1 aromatic heterocycles. The van der Waals surface area contributed by atoms with Gasteiger partial charge in [0.2, 0.25) is 10.0 Å². The molecule has 0 spiro atoms. The first-order valence-electron chi connectivity index (χ1n) is 13.6. The first-order chi connectivity index (χ1) is 18.6. The molecule has 1 N–H and O–H groups in total. The molecule has 1 saturated heterocycles. The number of nitrogens with zero attached hydrogens (tertiary/aromatic N) is 4. The molecule has 2 heterocycles. The average molecular weight is 544 g/mol. The summed E-state index contributed by atoms with van der Waals surface area (Å²) in [7, 11) is -3.53. The van der Waals surface area contributed by atoms with Gasteiger partial charge in [-0.2, -0.15) is 4.31 Å². The molecule has 5 rings (SSSR count). The van der Waals surface area contributed by atoms with E-state index < -0.39 is 10.0 Å². The fourth-order valence-electron chi connectivity index (χ4n) is 5.18. The largest absolute Gasteiger partial charge is 0.339 e. The van der Waals surface area contributed by atoms with E-state index in [-0.39, 0.29) is 6.04 Å². The maximum Gasteiger partial charge on any atom is 0.243 e. The third-order valence-electron chi connectivity index (χ3n) is 7.72. The molecule has 8 heteroatoms. The van der Waals surface area contributed by atoms with Crippen LogP contribution in [-0.2, 0) is 10.0 Å². The smallest absolute Gasteiger partial charge is 0.243 e. The molecule has 1 aliphatic rings. The summed E-state index contributed by atoms with van der Waals surface area (Å²) in [5, 5.41) is 4.55. The van der Waals surface area contributed by atoms with Gasteiger partial charge in [-0.05, 0) is 67.6 Å². The summed E-state index contributed by atoms with van der Waals surface area (Å²) in [6.45, 7) is 12.6. The minimum absolute atomic E-state index is 0.0664. The van der Waals surface area contributed by atoms with Crippen LogP contribution in [0.2, 0.25) is 0 Å². The van der Waals surface area contributed by atoms with Crippen molar-refractivity contribution in [2.45, 2.75) is 51.5 Å². The quantitative estimate of drug-likeness (QED) is 0.300. The Labute approximate surface area is 232 Å². The van der Waals surface area contributed by atoms with Gasteiger partial charge in [-0.3, -0.25) is 4.90 Å². The van der Waals surface area contributed by atoms with E-state index in [4.69, 9.17) is 9.97 Å². The normalized spacial score (nSPS) is 16.1. The van der Waals surface area contributed by atoms with E-state index in [1.807, 2.05) is 36.4 Å². The lowest BCUT2D eigenvalue weighted by molar-refractivity contribution is 0.141. The third kappa shape index (κ3) is 5.55. The number of hydrogen-bond acceptors (Lipinski definition) is 6. The van der Waals surface area contributed by atoms with Crippen LogP contribution in [0.1, 0.15) is 55.2 Å². The van der Waals surface area contributed by atoms with Crippen LogP contribution in [0.5, 0.6) is 0 Å². The van der Waals surface area contributed by atoms with E-state index in [0.29, 0.717) is 37.0 Å². The summed E-state index contributed by atoms with van der Waals surface area (Å²) in [5.41, 5.74) is 5.38. The van der Waals surface area contributed by atoms with Crippen LogP contribution in [0.3, 0.4) is 0 Å². The highest BCUT2D eigenvalue weighted by Crippen LogP contribution is 2.31. The number of aryl methyl sites for hydroxylation is 2. The Hall–Kier alpha value is -3.33. The van der Waals surface area contributed by atoms with Crippen LogP contribution in [0.25, 0.3) is 10.9 Å². The standard InChI is InChI=1S/C31H37N5O2S/c1-21(2)25-13-15-26(16-14-25)39(37,38)36-19-17-35(18-20-36)24(5)30-32-28-12-7-6-11-27(28)31(34-30)33-29-22(3)9-8-10-23(29)4/h6-16,21,24H,17-20H2,1-5H3,(H,32,33,34)/t24-/m1/s1. The molecule has 0 unspecified atom stereocenters. The van der Waals surface area contributed by atoms with Crippen molar-refractivity contribution in [2.24, 2.45) is 0 Å². The van der Waals surface area contributed by atoms with E-state index in [0.717, 1.165) is 44.9 Å². The summed E-state index contributed by atoms with van der Waals surface area (Å²) in [5.74, 6) is 1.87. The number of aromatic nitrogens is 2. The Morgan fingerprint density at radius 2 is 1.44 bits per heavy atom. The first-order valence-corrected chi connectivity index (χ1v) is 15.0. The zero-order valence-corrected chi connectivity index (χ0v) is 24.2. The van der Waals surface area contributed by atoms with Crippen molar-refractivity contribution in [2.75, 3.05) is 31.5 Å². The Bertz CT molecular complexity index is 1560. The van der Waals surface area contributed by atoms with E-state index in [1.54, 1.807) is 16.4 Å². The summed E-state index contributed by atoms with van der Waals surface area (Å²) >= 11 is 0. The number of benzene rings is 3. The predicted octanol–water partition coefficient (Wildman–Crippen LogP) is 6.18. The summed E-state index contributed by atoms with van der Waals surface area (Å²) in [6.07, 6.45) is 0. The van der Waals surface area contributed by atoms with Gasteiger partial charge < -0.3 is 5.32 Å². The number of fused-ring (bicyclic) bond motifs is 1. The van der Waals surface area contributed by atoms with Crippen molar-refractivity contribution in [1.29, 1.82) is 0 Å². The molecule has 0 radical (unpaired) electrons. The molecular weight excluding hydrogens is 506 g/mol. The maximum absolute atomic E-state index is 13.3. The maximum atomic E-state index is 13.3. The minimum atomic E-state index is -3.53. The average Bonchev–Trinajstić information content (AvgIpc) is 2.94. The molecule has 39 heavy (non-hydrogen) atoms. The number of para-hydroxylation sites is 2. The molecule has 1 aliphatic heterocycles. The first kappa shape index (κ1) is 27.2. The predicted molar refractivity (Wildman–Crippen MR) is 158 cm³/mol. The van der Waals surface area contributed by atoms with Crippen molar-refractivity contribution in [3.63, 3.8) is 0 Å². The highest BCUT2D eigenvalue weighted by molar-refractivity contribution is 7.89. The second-order valence-electron chi connectivity index (χ2n) is 10.7. The van der Waals surface area contributed by atoms with Gasteiger partial charge in [0.25, 0.3) is 0 Å². The zero-order chi connectivity index (χ0) is 27.7. The number of rotatable bonds is 7. The Morgan fingerprint density at radius 1 is 0.795 bits per heavy atom.